The van der Waals surface area contributed by atoms with Gasteiger partial charge in [0.05, 0.1) is 12.8 Å². The Morgan fingerprint density at radius 1 is 1.37 bits per heavy atom. The molecule has 1 fully saturated rings. The summed E-state index contributed by atoms with van der Waals surface area (Å²) in [6.45, 7) is 3.45. The normalized spacial score (nSPS) is 21.7. The molecule has 0 spiro atoms. The quantitative estimate of drug-likeness (QED) is 0.517. The Hall–Kier alpha value is -1.60. The molecule has 0 aromatic carbocycles. The molecular formula is C20H29N3O2S2. The first kappa shape index (κ1) is 20.1. The van der Waals surface area contributed by atoms with Gasteiger partial charge in [-0.05, 0) is 42.8 Å². The van der Waals surface area contributed by atoms with Crippen molar-refractivity contribution in [1.29, 1.82) is 0 Å². The molecule has 2 heterocycles. The molecule has 1 aliphatic carbocycles. The maximum atomic E-state index is 12.2. The second kappa shape index (κ2) is 10.7. The molecule has 3 atom stereocenters. The van der Waals surface area contributed by atoms with Crippen molar-refractivity contribution in [3.63, 3.8) is 0 Å². The van der Waals surface area contributed by atoms with Crippen LogP contribution in [0.1, 0.15) is 43.2 Å². The molecule has 0 saturated heterocycles. The second-order valence-electron chi connectivity index (χ2n) is 6.80. The first-order valence-electron chi connectivity index (χ1n) is 9.71. The minimum Gasteiger partial charge on any atom is -0.469 e. The standard InChI is InChI=1S/C20H29N3O2S2/c1-2-27(24)19-9-3-6-16(14-19)23-20(22-15-18-8-5-13-26-18)21-11-10-17-7-4-12-25-17/h4-5,7-8,12-13,16,19H,2-3,6,9-11,14-15H2,1H3,(H2,21,22,23). The Balaban J connectivity index is 1.57. The largest absolute Gasteiger partial charge is 0.469 e. The number of rotatable bonds is 8. The van der Waals surface area contributed by atoms with E-state index in [1.807, 2.05) is 19.1 Å². The Kier molecular flexibility index (Phi) is 7.95. The predicted molar refractivity (Wildman–Crippen MR) is 114 cm³/mol. The number of hydrogen-bond donors (Lipinski definition) is 2. The number of hydrogen-bond acceptors (Lipinski definition) is 4. The van der Waals surface area contributed by atoms with Gasteiger partial charge in [-0.25, -0.2) is 4.99 Å². The maximum absolute atomic E-state index is 12.2. The lowest BCUT2D eigenvalue weighted by atomic mass is 9.95. The molecule has 27 heavy (non-hydrogen) atoms. The van der Waals surface area contributed by atoms with E-state index in [1.165, 1.54) is 4.88 Å². The van der Waals surface area contributed by atoms with Crippen LogP contribution in [0.4, 0.5) is 0 Å². The second-order valence-corrected chi connectivity index (χ2v) is 9.84. The first-order chi connectivity index (χ1) is 13.2. The van der Waals surface area contributed by atoms with Gasteiger partial charge in [0.25, 0.3) is 0 Å². The first-order valence-corrected chi connectivity index (χ1v) is 12.0. The summed E-state index contributed by atoms with van der Waals surface area (Å²) in [7, 11) is -0.714. The van der Waals surface area contributed by atoms with Crippen LogP contribution in [0.25, 0.3) is 0 Å². The maximum Gasteiger partial charge on any atom is 0.191 e. The summed E-state index contributed by atoms with van der Waals surface area (Å²) in [5, 5.41) is 9.41. The van der Waals surface area contributed by atoms with E-state index in [0.717, 1.165) is 56.1 Å². The van der Waals surface area contributed by atoms with Crippen molar-refractivity contribution in [3.8, 4) is 0 Å². The van der Waals surface area contributed by atoms with Gasteiger partial charge in [-0.1, -0.05) is 19.4 Å². The smallest absolute Gasteiger partial charge is 0.191 e. The summed E-state index contributed by atoms with van der Waals surface area (Å²) in [6.07, 6.45) is 6.79. The number of nitrogens with one attached hydrogen (secondary N) is 2. The van der Waals surface area contributed by atoms with Crippen LogP contribution in [-0.4, -0.2) is 33.8 Å². The topological polar surface area (TPSA) is 66.6 Å². The van der Waals surface area contributed by atoms with E-state index in [2.05, 4.69) is 28.1 Å². The Labute approximate surface area is 168 Å². The molecule has 0 bridgehead atoms. The van der Waals surface area contributed by atoms with Gasteiger partial charge < -0.3 is 15.1 Å². The van der Waals surface area contributed by atoms with Gasteiger partial charge in [0.2, 0.25) is 0 Å². The zero-order valence-electron chi connectivity index (χ0n) is 15.9. The summed E-state index contributed by atoms with van der Waals surface area (Å²) in [5.74, 6) is 2.55. The Morgan fingerprint density at radius 3 is 3.04 bits per heavy atom. The molecule has 2 aromatic rings. The lowest BCUT2D eigenvalue weighted by Crippen LogP contribution is -2.47. The van der Waals surface area contributed by atoms with Gasteiger partial charge >= 0.3 is 0 Å². The number of guanidine groups is 1. The van der Waals surface area contributed by atoms with Crippen molar-refractivity contribution in [2.75, 3.05) is 12.3 Å². The zero-order valence-corrected chi connectivity index (χ0v) is 17.5. The fraction of sp³-hybridized carbons (Fsp3) is 0.550. The van der Waals surface area contributed by atoms with Crippen LogP contribution in [0.15, 0.2) is 45.3 Å². The van der Waals surface area contributed by atoms with Crippen molar-refractivity contribution in [1.82, 2.24) is 10.6 Å². The number of thiophene rings is 1. The van der Waals surface area contributed by atoms with E-state index in [9.17, 15) is 4.21 Å². The minimum atomic E-state index is -0.714. The van der Waals surface area contributed by atoms with Gasteiger partial charge in [0.15, 0.2) is 5.96 Å². The van der Waals surface area contributed by atoms with E-state index in [1.54, 1.807) is 17.6 Å². The lowest BCUT2D eigenvalue weighted by molar-refractivity contribution is 0.413. The third-order valence-corrected chi connectivity index (χ3v) is 7.44. The number of aliphatic imine (C=N–C) groups is 1. The molecule has 1 aliphatic rings. The van der Waals surface area contributed by atoms with Crippen LogP contribution < -0.4 is 10.6 Å². The third-order valence-electron chi connectivity index (χ3n) is 4.84. The van der Waals surface area contributed by atoms with Crippen molar-refractivity contribution in [2.24, 2.45) is 4.99 Å². The van der Waals surface area contributed by atoms with Crippen molar-refractivity contribution < 1.29 is 8.63 Å². The highest BCUT2D eigenvalue weighted by Crippen LogP contribution is 2.23. The molecule has 148 valence electrons. The summed E-state index contributed by atoms with van der Waals surface area (Å²) in [5.41, 5.74) is 0. The Morgan fingerprint density at radius 2 is 2.30 bits per heavy atom. The van der Waals surface area contributed by atoms with Crippen LogP contribution in [0.3, 0.4) is 0 Å². The lowest BCUT2D eigenvalue weighted by Gasteiger charge is -2.30. The third kappa shape index (κ3) is 6.50. The van der Waals surface area contributed by atoms with Crippen LogP contribution in [0.5, 0.6) is 0 Å². The fourth-order valence-electron chi connectivity index (χ4n) is 3.41. The van der Waals surface area contributed by atoms with Crippen molar-refractivity contribution in [3.05, 3.63) is 46.5 Å². The van der Waals surface area contributed by atoms with Gasteiger partial charge in [0, 0.05) is 45.7 Å². The van der Waals surface area contributed by atoms with E-state index in [-0.39, 0.29) is 0 Å². The molecule has 0 radical (unpaired) electrons. The molecule has 0 amide bonds. The summed E-state index contributed by atoms with van der Waals surface area (Å²) < 4.78 is 17.6. The summed E-state index contributed by atoms with van der Waals surface area (Å²) in [6, 6.07) is 8.39. The van der Waals surface area contributed by atoms with Crippen molar-refractivity contribution in [2.45, 2.75) is 56.9 Å². The Bertz CT molecular complexity index is 714. The van der Waals surface area contributed by atoms with E-state index in [0.29, 0.717) is 17.8 Å². The fourth-order valence-corrected chi connectivity index (χ4v) is 5.39. The SMILES string of the molecule is CCS(=O)C1CCCC(NC(=NCc2cccs2)NCCc2ccco2)C1. The average Bonchev–Trinajstić information content (AvgIpc) is 3.39. The molecule has 0 aliphatic heterocycles. The summed E-state index contributed by atoms with van der Waals surface area (Å²) >= 11 is 1.72. The molecule has 3 rings (SSSR count). The van der Waals surface area contributed by atoms with Crippen LogP contribution in [-0.2, 0) is 23.8 Å². The molecule has 1 saturated carbocycles. The molecule has 7 heteroatoms. The van der Waals surface area contributed by atoms with Crippen LogP contribution in [0, 0.1) is 0 Å². The zero-order chi connectivity index (χ0) is 18.9. The molecule has 2 aromatic heterocycles. The van der Waals surface area contributed by atoms with E-state index in [4.69, 9.17) is 9.41 Å². The van der Waals surface area contributed by atoms with Gasteiger partial charge in [-0.15, -0.1) is 11.3 Å². The van der Waals surface area contributed by atoms with Crippen LogP contribution in [0.2, 0.25) is 0 Å². The predicted octanol–water partition coefficient (Wildman–Crippen LogP) is 3.70. The summed E-state index contributed by atoms with van der Waals surface area (Å²) in [4.78, 5) is 6.01. The monoisotopic (exact) mass is 407 g/mol. The molecule has 3 unspecified atom stereocenters. The number of furan rings is 1. The van der Waals surface area contributed by atoms with Crippen molar-refractivity contribution >= 4 is 28.1 Å². The van der Waals surface area contributed by atoms with Gasteiger partial charge in [-0.2, -0.15) is 0 Å². The minimum absolute atomic E-state index is 0.308. The highest BCUT2D eigenvalue weighted by molar-refractivity contribution is 7.85. The van der Waals surface area contributed by atoms with E-state index >= 15 is 0 Å². The molecule has 2 N–H and O–H groups in total. The average molecular weight is 408 g/mol. The number of nitrogens with zero attached hydrogens (tertiary/aromatic N) is 1. The van der Waals surface area contributed by atoms with Crippen LogP contribution >= 0.6 is 11.3 Å². The molecular weight excluding hydrogens is 378 g/mol. The van der Waals surface area contributed by atoms with Gasteiger partial charge in [0.1, 0.15) is 5.76 Å². The van der Waals surface area contributed by atoms with E-state index < -0.39 is 10.8 Å². The highest BCUT2D eigenvalue weighted by atomic mass is 32.2. The van der Waals surface area contributed by atoms with Gasteiger partial charge in [-0.3, -0.25) is 4.21 Å². The molecule has 5 nitrogen and oxygen atoms in total. The highest BCUT2D eigenvalue weighted by Gasteiger charge is 2.26.